The molecule has 0 heterocycles. The van der Waals surface area contributed by atoms with Crippen molar-refractivity contribution in [3.8, 4) is 0 Å². The Balaban J connectivity index is 1.50. The van der Waals surface area contributed by atoms with E-state index in [0.717, 1.165) is 11.8 Å². The van der Waals surface area contributed by atoms with Crippen LogP contribution in [0.5, 0.6) is 0 Å². The smallest absolute Gasteiger partial charge is 0.253 e. The molecule has 3 saturated carbocycles. The van der Waals surface area contributed by atoms with Crippen LogP contribution in [-0.2, 0) is 0 Å². The molecule has 0 aromatic heterocycles. The number of amides is 1. The highest BCUT2D eigenvalue weighted by atomic mass is 19.1. The molecule has 21 heavy (non-hydrogen) atoms. The summed E-state index contributed by atoms with van der Waals surface area (Å²) in [5.41, 5.74) is 0.750. The molecule has 0 spiro atoms. The minimum Gasteiger partial charge on any atom is -0.382 e. The van der Waals surface area contributed by atoms with Gasteiger partial charge in [0.15, 0.2) is 0 Å². The number of carbonyl (C=O) groups excluding carboxylic acids is 1. The average molecular weight is 288 g/mol. The zero-order valence-electron chi connectivity index (χ0n) is 12.2. The second-order valence-corrected chi connectivity index (χ2v) is 6.68. The molecule has 3 nitrogen and oxygen atoms in total. The quantitative estimate of drug-likeness (QED) is 0.894. The number of benzene rings is 1. The van der Waals surface area contributed by atoms with Gasteiger partial charge < -0.3 is 10.6 Å². The van der Waals surface area contributed by atoms with Crippen molar-refractivity contribution in [1.82, 2.24) is 5.32 Å². The van der Waals surface area contributed by atoms with E-state index in [9.17, 15) is 9.18 Å². The first-order chi connectivity index (χ1) is 10.2. The Morgan fingerprint density at radius 2 is 2.00 bits per heavy atom. The van der Waals surface area contributed by atoms with Gasteiger partial charge in [-0.2, -0.15) is 0 Å². The Labute approximate surface area is 124 Å². The number of anilines is 1. The second-order valence-electron chi connectivity index (χ2n) is 6.68. The van der Waals surface area contributed by atoms with Gasteiger partial charge in [-0.05, 0) is 62.0 Å². The molecule has 3 fully saturated rings. The number of fused-ring (bicyclic) bond motifs is 5. The van der Waals surface area contributed by atoms with E-state index in [2.05, 4.69) is 10.6 Å². The number of hydrogen-bond acceptors (Lipinski definition) is 2. The Bertz CT molecular complexity index is 572. The molecule has 4 unspecified atom stereocenters. The topological polar surface area (TPSA) is 41.1 Å². The highest BCUT2D eigenvalue weighted by molar-refractivity contribution is 6.00. The third-order valence-electron chi connectivity index (χ3n) is 5.64. The first-order valence-corrected chi connectivity index (χ1v) is 8.04. The minimum absolute atomic E-state index is 0.135. The molecule has 112 valence electrons. The summed E-state index contributed by atoms with van der Waals surface area (Å²) in [6.45, 7) is 2.50. The van der Waals surface area contributed by atoms with Gasteiger partial charge in [-0.25, -0.2) is 4.39 Å². The van der Waals surface area contributed by atoms with Crippen LogP contribution in [0, 0.1) is 29.5 Å². The SMILES string of the molecule is CCNc1c(F)cccc1C(=O)NC1C2C3CCC(C3)C12. The Morgan fingerprint density at radius 1 is 1.29 bits per heavy atom. The van der Waals surface area contributed by atoms with Crippen LogP contribution in [0.3, 0.4) is 0 Å². The highest BCUT2D eigenvalue weighted by Crippen LogP contribution is 2.65. The van der Waals surface area contributed by atoms with Crippen LogP contribution in [0.4, 0.5) is 10.1 Å². The van der Waals surface area contributed by atoms with E-state index in [-0.39, 0.29) is 11.7 Å². The molecule has 3 aliphatic rings. The Kier molecular flexibility index (Phi) is 2.95. The predicted octanol–water partition coefficient (Wildman–Crippen LogP) is 3.03. The van der Waals surface area contributed by atoms with Crippen LogP contribution in [0.15, 0.2) is 18.2 Å². The van der Waals surface area contributed by atoms with Gasteiger partial charge in [-0.3, -0.25) is 4.79 Å². The zero-order chi connectivity index (χ0) is 14.6. The van der Waals surface area contributed by atoms with Gasteiger partial charge in [0, 0.05) is 12.6 Å². The molecule has 0 radical (unpaired) electrons. The van der Waals surface area contributed by atoms with Crippen molar-refractivity contribution in [3.05, 3.63) is 29.6 Å². The van der Waals surface area contributed by atoms with Gasteiger partial charge in [0.05, 0.1) is 11.3 Å². The largest absolute Gasteiger partial charge is 0.382 e. The highest BCUT2D eigenvalue weighted by Gasteiger charge is 2.65. The van der Waals surface area contributed by atoms with Crippen LogP contribution >= 0.6 is 0 Å². The number of nitrogens with one attached hydrogen (secondary N) is 2. The molecule has 3 aliphatic carbocycles. The first kappa shape index (κ1) is 13.1. The fraction of sp³-hybridized carbons (Fsp3) is 0.588. The van der Waals surface area contributed by atoms with Crippen LogP contribution < -0.4 is 10.6 Å². The molecular formula is C17H21FN2O. The second kappa shape index (κ2) is 4.72. The lowest BCUT2D eigenvalue weighted by Crippen LogP contribution is -2.30. The number of rotatable bonds is 4. The zero-order valence-corrected chi connectivity index (χ0v) is 12.2. The lowest BCUT2D eigenvalue weighted by molar-refractivity contribution is 0.0944. The fourth-order valence-corrected chi connectivity index (χ4v) is 4.82. The molecule has 4 heteroatoms. The number of halogens is 1. The lowest BCUT2D eigenvalue weighted by Gasteiger charge is -2.14. The monoisotopic (exact) mass is 288 g/mol. The summed E-state index contributed by atoms with van der Waals surface area (Å²) in [5.74, 6) is 2.55. The molecule has 2 N–H and O–H groups in total. The molecule has 2 bridgehead atoms. The first-order valence-electron chi connectivity index (χ1n) is 8.04. The van der Waals surface area contributed by atoms with Gasteiger partial charge in [0.2, 0.25) is 0 Å². The predicted molar refractivity (Wildman–Crippen MR) is 79.6 cm³/mol. The van der Waals surface area contributed by atoms with Crippen molar-refractivity contribution in [2.45, 2.75) is 32.2 Å². The molecule has 1 aromatic rings. The van der Waals surface area contributed by atoms with Gasteiger partial charge in [-0.15, -0.1) is 0 Å². The van der Waals surface area contributed by atoms with E-state index >= 15 is 0 Å². The number of carbonyl (C=O) groups is 1. The van der Waals surface area contributed by atoms with Gasteiger partial charge in [0.25, 0.3) is 5.91 Å². The lowest BCUT2D eigenvalue weighted by atomic mass is 10.0. The Morgan fingerprint density at radius 3 is 2.67 bits per heavy atom. The fourth-order valence-electron chi connectivity index (χ4n) is 4.82. The van der Waals surface area contributed by atoms with Crippen molar-refractivity contribution in [2.24, 2.45) is 23.7 Å². The van der Waals surface area contributed by atoms with E-state index in [0.29, 0.717) is 35.7 Å². The molecule has 0 saturated heterocycles. The van der Waals surface area contributed by atoms with Crippen molar-refractivity contribution in [1.29, 1.82) is 0 Å². The van der Waals surface area contributed by atoms with Crippen molar-refractivity contribution >= 4 is 11.6 Å². The Hall–Kier alpha value is -1.58. The summed E-state index contributed by atoms with van der Waals surface area (Å²) < 4.78 is 13.9. The molecular weight excluding hydrogens is 267 g/mol. The van der Waals surface area contributed by atoms with E-state index in [1.165, 1.54) is 25.3 Å². The summed E-state index contributed by atoms with van der Waals surface area (Å²) in [5, 5.41) is 6.12. The van der Waals surface area contributed by atoms with Gasteiger partial charge >= 0.3 is 0 Å². The van der Waals surface area contributed by atoms with Crippen LogP contribution in [0.25, 0.3) is 0 Å². The molecule has 4 rings (SSSR count). The number of hydrogen-bond donors (Lipinski definition) is 2. The molecule has 4 atom stereocenters. The third-order valence-corrected chi connectivity index (χ3v) is 5.64. The van der Waals surface area contributed by atoms with Gasteiger partial charge in [-0.1, -0.05) is 6.07 Å². The van der Waals surface area contributed by atoms with E-state index in [1.807, 2.05) is 6.92 Å². The average Bonchev–Trinajstić information content (AvgIpc) is 2.86. The summed E-state index contributed by atoms with van der Waals surface area (Å²) in [6.07, 6.45) is 4.03. The molecule has 0 aliphatic heterocycles. The number of para-hydroxylation sites is 1. The van der Waals surface area contributed by atoms with Gasteiger partial charge in [0.1, 0.15) is 5.82 Å². The summed E-state index contributed by atoms with van der Waals surface area (Å²) in [6, 6.07) is 5.02. The summed E-state index contributed by atoms with van der Waals surface area (Å²) in [7, 11) is 0. The summed E-state index contributed by atoms with van der Waals surface area (Å²) in [4.78, 5) is 12.5. The normalized spacial score (nSPS) is 35.4. The van der Waals surface area contributed by atoms with Crippen LogP contribution in [0.2, 0.25) is 0 Å². The summed E-state index contributed by atoms with van der Waals surface area (Å²) >= 11 is 0. The maximum absolute atomic E-state index is 13.9. The van der Waals surface area contributed by atoms with Crippen LogP contribution in [-0.4, -0.2) is 18.5 Å². The van der Waals surface area contributed by atoms with E-state index < -0.39 is 0 Å². The van der Waals surface area contributed by atoms with Crippen LogP contribution in [0.1, 0.15) is 36.5 Å². The maximum Gasteiger partial charge on any atom is 0.253 e. The molecule has 1 amide bonds. The third kappa shape index (κ3) is 1.95. The van der Waals surface area contributed by atoms with E-state index in [1.54, 1.807) is 12.1 Å². The van der Waals surface area contributed by atoms with Crippen molar-refractivity contribution < 1.29 is 9.18 Å². The standard InChI is InChI=1S/C17H21FN2O/c1-2-19-15-11(4-3-5-12(15)18)17(21)20-16-13-9-6-7-10(8-9)14(13)16/h3-5,9-10,13-14,16,19H,2,6-8H2,1H3,(H,20,21). The minimum atomic E-state index is -0.361. The molecule has 1 aromatic carbocycles. The van der Waals surface area contributed by atoms with Crippen molar-refractivity contribution in [2.75, 3.05) is 11.9 Å². The van der Waals surface area contributed by atoms with E-state index in [4.69, 9.17) is 0 Å². The maximum atomic E-state index is 13.9. The van der Waals surface area contributed by atoms with Crippen molar-refractivity contribution in [3.63, 3.8) is 0 Å².